The highest BCUT2D eigenvalue weighted by Crippen LogP contribution is 2.18. The summed E-state index contributed by atoms with van der Waals surface area (Å²) in [5.74, 6) is -0.548. The molecule has 0 saturated carbocycles. The molecule has 5 heteroatoms. The molecule has 0 N–H and O–H groups in total. The largest absolute Gasteiger partial charge is 0.465 e. The zero-order chi connectivity index (χ0) is 15.1. The molecule has 1 fully saturated rings. The minimum atomic E-state index is -0.331. The second-order valence-electron chi connectivity index (χ2n) is 5.04. The van der Waals surface area contributed by atoms with Crippen molar-refractivity contribution in [1.82, 2.24) is 4.90 Å². The second-order valence-corrected chi connectivity index (χ2v) is 5.04. The predicted molar refractivity (Wildman–Crippen MR) is 80.9 cm³/mol. The first-order valence-electron chi connectivity index (χ1n) is 7.27. The minimum absolute atomic E-state index is 0.217. The molecule has 2 rings (SSSR count). The van der Waals surface area contributed by atoms with Crippen LogP contribution in [0.3, 0.4) is 0 Å². The topological polar surface area (TPSA) is 51.1 Å². The molecule has 0 aromatic heterocycles. The van der Waals surface area contributed by atoms with Crippen molar-refractivity contribution in [3.63, 3.8) is 0 Å². The number of likely N-dealkylation sites (tertiary alicyclic amines) is 1. The molecule has 0 amide bonds. The van der Waals surface area contributed by atoms with Crippen molar-refractivity contribution in [2.45, 2.75) is 19.9 Å². The van der Waals surface area contributed by atoms with Gasteiger partial charge in [-0.3, -0.25) is 9.69 Å². The Labute approximate surface area is 125 Å². The number of carbonyl (C=O) groups excluding carboxylic acids is 1. The highest BCUT2D eigenvalue weighted by Gasteiger charge is 2.32. The molecule has 1 aliphatic rings. The molecule has 1 heterocycles. The minimum Gasteiger partial charge on any atom is -0.465 e. The van der Waals surface area contributed by atoms with Crippen molar-refractivity contribution in [2.75, 3.05) is 26.8 Å². The average molecular weight is 290 g/mol. The van der Waals surface area contributed by atoms with Crippen LogP contribution in [0.5, 0.6) is 0 Å². The predicted octanol–water partition coefficient (Wildman–Crippen LogP) is 2.07. The van der Waals surface area contributed by atoms with E-state index in [-0.39, 0.29) is 11.9 Å². The Balaban J connectivity index is 2.04. The summed E-state index contributed by atoms with van der Waals surface area (Å²) in [6, 6.07) is 10.3. The van der Waals surface area contributed by atoms with Crippen molar-refractivity contribution in [3.05, 3.63) is 35.9 Å². The summed E-state index contributed by atoms with van der Waals surface area (Å²) >= 11 is 0. The molecule has 5 nitrogen and oxygen atoms in total. The number of benzene rings is 1. The molecule has 0 spiro atoms. The molecule has 1 saturated heterocycles. The van der Waals surface area contributed by atoms with Gasteiger partial charge in [0.25, 0.3) is 0 Å². The standard InChI is InChI=1S/C16H22N2O3/c1-3-21-16(19)14-12-18(10-9-15(14)17-20-2)11-13-7-5-4-6-8-13/h4-8,14H,3,9-12H2,1-2H3. The third-order valence-electron chi connectivity index (χ3n) is 3.56. The van der Waals surface area contributed by atoms with Gasteiger partial charge in [-0.15, -0.1) is 0 Å². The normalized spacial score (nSPS) is 21.2. The summed E-state index contributed by atoms with van der Waals surface area (Å²) in [6.45, 7) is 4.52. The highest BCUT2D eigenvalue weighted by atomic mass is 16.6. The van der Waals surface area contributed by atoms with Gasteiger partial charge in [0.05, 0.1) is 12.3 Å². The van der Waals surface area contributed by atoms with Gasteiger partial charge in [-0.25, -0.2) is 0 Å². The van der Waals surface area contributed by atoms with Crippen molar-refractivity contribution in [3.8, 4) is 0 Å². The van der Waals surface area contributed by atoms with Gasteiger partial charge in [-0.2, -0.15) is 0 Å². The maximum Gasteiger partial charge on any atom is 0.316 e. The van der Waals surface area contributed by atoms with Crippen LogP contribution in [0.2, 0.25) is 0 Å². The fraction of sp³-hybridized carbons (Fsp3) is 0.500. The number of esters is 1. The number of nitrogens with zero attached hydrogens (tertiary/aromatic N) is 2. The van der Waals surface area contributed by atoms with Gasteiger partial charge in [0.1, 0.15) is 13.0 Å². The van der Waals surface area contributed by atoms with E-state index in [4.69, 9.17) is 9.57 Å². The monoisotopic (exact) mass is 290 g/mol. The summed E-state index contributed by atoms with van der Waals surface area (Å²) in [4.78, 5) is 19.2. The Hall–Kier alpha value is -1.88. The number of ether oxygens (including phenoxy) is 1. The fourth-order valence-electron chi connectivity index (χ4n) is 2.57. The van der Waals surface area contributed by atoms with Crippen LogP contribution in [0.4, 0.5) is 0 Å². The lowest BCUT2D eigenvalue weighted by Gasteiger charge is -2.32. The lowest BCUT2D eigenvalue weighted by Crippen LogP contribution is -2.44. The first kappa shape index (κ1) is 15.5. The molecule has 0 bridgehead atoms. The third kappa shape index (κ3) is 4.29. The molecule has 114 valence electrons. The number of rotatable bonds is 5. The van der Waals surface area contributed by atoms with Crippen molar-refractivity contribution >= 4 is 11.7 Å². The Morgan fingerprint density at radius 1 is 1.38 bits per heavy atom. The van der Waals surface area contributed by atoms with E-state index in [0.29, 0.717) is 13.2 Å². The van der Waals surface area contributed by atoms with Gasteiger partial charge < -0.3 is 9.57 Å². The van der Waals surface area contributed by atoms with E-state index in [2.05, 4.69) is 22.2 Å². The first-order valence-corrected chi connectivity index (χ1v) is 7.27. The number of hydrogen-bond donors (Lipinski definition) is 0. The van der Waals surface area contributed by atoms with Crippen LogP contribution in [0, 0.1) is 5.92 Å². The Bertz CT molecular complexity index is 488. The van der Waals surface area contributed by atoms with Crippen LogP contribution < -0.4 is 0 Å². The van der Waals surface area contributed by atoms with Gasteiger partial charge in [0, 0.05) is 26.1 Å². The van der Waals surface area contributed by atoms with Gasteiger partial charge in [-0.1, -0.05) is 35.5 Å². The SMILES string of the molecule is CCOC(=O)C1CN(Cc2ccccc2)CCC1=NOC. The third-order valence-corrected chi connectivity index (χ3v) is 3.56. The number of piperidine rings is 1. The summed E-state index contributed by atoms with van der Waals surface area (Å²) in [5, 5.41) is 4.00. The van der Waals surface area contributed by atoms with Crippen LogP contribution in [0.15, 0.2) is 35.5 Å². The molecule has 0 radical (unpaired) electrons. The lowest BCUT2D eigenvalue weighted by atomic mass is 9.95. The average Bonchev–Trinajstić information content (AvgIpc) is 2.50. The molecule has 1 aliphatic heterocycles. The van der Waals surface area contributed by atoms with E-state index < -0.39 is 0 Å². The molecule has 1 unspecified atom stereocenters. The van der Waals surface area contributed by atoms with Crippen molar-refractivity contribution < 1.29 is 14.4 Å². The van der Waals surface area contributed by atoms with Crippen LogP contribution in [0.25, 0.3) is 0 Å². The van der Waals surface area contributed by atoms with E-state index in [1.807, 2.05) is 25.1 Å². The molecule has 1 aromatic rings. The van der Waals surface area contributed by atoms with E-state index in [0.717, 1.165) is 25.2 Å². The van der Waals surface area contributed by atoms with Crippen molar-refractivity contribution in [2.24, 2.45) is 11.1 Å². The van der Waals surface area contributed by atoms with Gasteiger partial charge in [0.15, 0.2) is 0 Å². The molecule has 1 atom stereocenters. The van der Waals surface area contributed by atoms with Crippen LogP contribution >= 0.6 is 0 Å². The quantitative estimate of drug-likeness (QED) is 0.615. The second kappa shape index (κ2) is 7.78. The summed E-state index contributed by atoms with van der Waals surface area (Å²) in [6.07, 6.45) is 0.726. The van der Waals surface area contributed by atoms with Crippen LogP contribution in [-0.2, 0) is 20.9 Å². The zero-order valence-electron chi connectivity index (χ0n) is 12.6. The smallest absolute Gasteiger partial charge is 0.316 e. The Morgan fingerprint density at radius 3 is 2.81 bits per heavy atom. The van der Waals surface area contributed by atoms with E-state index in [1.54, 1.807) is 0 Å². The van der Waals surface area contributed by atoms with Gasteiger partial charge in [-0.05, 0) is 12.5 Å². The van der Waals surface area contributed by atoms with Crippen LogP contribution in [0.1, 0.15) is 18.9 Å². The summed E-state index contributed by atoms with van der Waals surface area (Å²) < 4.78 is 5.15. The number of hydrogen-bond acceptors (Lipinski definition) is 5. The van der Waals surface area contributed by atoms with Crippen molar-refractivity contribution in [1.29, 1.82) is 0 Å². The van der Waals surface area contributed by atoms with Crippen LogP contribution in [-0.4, -0.2) is 43.4 Å². The summed E-state index contributed by atoms with van der Waals surface area (Å²) in [5.41, 5.74) is 2.02. The fourth-order valence-corrected chi connectivity index (χ4v) is 2.57. The molecular weight excluding hydrogens is 268 g/mol. The zero-order valence-corrected chi connectivity index (χ0v) is 12.6. The van der Waals surface area contributed by atoms with E-state index in [1.165, 1.54) is 12.7 Å². The van der Waals surface area contributed by atoms with E-state index >= 15 is 0 Å². The highest BCUT2D eigenvalue weighted by molar-refractivity contribution is 6.02. The van der Waals surface area contributed by atoms with E-state index in [9.17, 15) is 4.79 Å². The maximum atomic E-state index is 12.1. The first-order chi connectivity index (χ1) is 10.2. The molecular formula is C16H22N2O3. The maximum absolute atomic E-state index is 12.1. The van der Waals surface area contributed by atoms with Gasteiger partial charge >= 0.3 is 5.97 Å². The van der Waals surface area contributed by atoms with Gasteiger partial charge in [0.2, 0.25) is 0 Å². The molecule has 0 aliphatic carbocycles. The summed E-state index contributed by atoms with van der Waals surface area (Å²) in [7, 11) is 1.51. The number of carbonyl (C=O) groups is 1. The Morgan fingerprint density at radius 2 is 2.14 bits per heavy atom. The lowest BCUT2D eigenvalue weighted by molar-refractivity contribution is -0.146. The molecule has 1 aromatic carbocycles. The molecule has 21 heavy (non-hydrogen) atoms. The Kier molecular flexibility index (Phi) is 5.75. The number of oxime groups is 1.